The maximum atomic E-state index is 5.71. The lowest BCUT2D eigenvalue weighted by molar-refractivity contribution is 0.0909. The van der Waals surface area contributed by atoms with Gasteiger partial charge in [0.2, 0.25) is 0 Å². The van der Waals surface area contributed by atoms with Gasteiger partial charge in [0.25, 0.3) is 0 Å². The van der Waals surface area contributed by atoms with Crippen LogP contribution < -0.4 is 4.90 Å². The second-order valence-electron chi connectivity index (χ2n) is 4.86. The van der Waals surface area contributed by atoms with Crippen LogP contribution >= 0.6 is 11.3 Å². The minimum Gasteiger partial charge on any atom is -0.372 e. The van der Waals surface area contributed by atoms with Gasteiger partial charge in [-0.3, -0.25) is 0 Å². The van der Waals surface area contributed by atoms with E-state index >= 15 is 0 Å². The third kappa shape index (κ3) is 2.92. The van der Waals surface area contributed by atoms with Crippen LogP contribution in [0.5, 0.6) is 0 Å². The van der Waals surface area contributed by atoms with Crippen LogP contribution in [-0.2, 0) is 4.74 Å². The third-order valence-electron chi connectivity index (χ3n) is 3.43. The molecule has 1 aliphatic heterocycles. The molecule has 0 saturated carbocycles. The van der Waals surface area contributed by atoms with E-state index in [1.165, 1.54) is 5.56 Å². The highest BCUT2D eigenvalue weighted by Crippen LogP contribution is 2.29. The largest absolute Gasteiger partial charge is 0.372 e. The Kier molecular flexibility index (Phi) is 4.14. The number of nitrogens with zero attached hydrogens (tertiary/aromatic N) is 2. The van der Waals surface area contributed by atoms with Gasteiger partial charge in [-0.05, 0) is 6.42 Å². The van der Waals surface area contributed by atoms with Crippen molar-refractivity contribution in [2.24, 2.45) is 0 Å². The number of rotatable bonds is 5. The molecular weight excluding hydrogens is 268 g/mol. The minimum atomic E-state index is 0.303. The van der Waals surface area contributed by atoms with Crippen molar-refractivity contribution in [2.45, 2.75) is 12.5 Å². The van der Waals surface area contributed by atoms with Crippen LogP contribution in [0.15, 0.2) is 48.4 Å². The van der Waals surface area contributed by atoms with Crippen molar-refractivity contribution in [3.63, 3.8) is 0 Å². The second kappa shape index (κ2) is 6.20. The summed E-state index contributed by atoms with van der Waals surface area (Å²) in [6.45, 7) is 6.26. The van der Waals surface area contributed by atoms with Crippen LogP contribution in [0, 0.1) is 0 Å². The van der Waals surface area contributed by atoms with E-state index in [1.54, 1.807) is 17.4 Å². The van der Waals surface area contributed by atoms with E-state index < -0.39 is 0 Å². The van der Waals surface area contributed by atoms with Crippen LogP contribution in [0.1, 0.15) is 6.42 Å². The van der Waals surface area contributed by atoms with E-state index in [9.17, 15) is 0 Å². The smallest absolute Gasteiger partial charge is 0.185 e. The Bertz CT molecular complexity index is 567. The summed E-state index contributed by atoms with van der Waals surface area (Å²) in [4.78, 5) is 7.06. The first-order chi connectivity index (χ1) is 9.86. The molecule has 0 bridgehead atoms. The lowest BCUT2D eigenvalue weighted by Gasteiger charge is -2.14. The molecule has 1 atom stereocenters. The Balaban J connectivity index is 1.67. The predicted molar refractivity (Wildman–Crippen MR) is 84.3 cm³/mol. The van der Waals surface area contributed by atoms with Gasteiger partial charge in [0.05, 0.1) is 18.4 Å². The fourth-order valence-corrected chi connectivity index (χ4v) is 3.26. The van der Waals surface area contributed by atoms with E-state index in [1.807, 2.05) is 18.2 Å². The first kappa shape index (κ1) is 13.3. The number of ether oxygens (including phenoxy) is 1. The van der Waals surface area contributed by atoms with Gasteiger partial charge in [-0.1, -0.05) is 36.4 Å². The lowest BCUT2D eigenvalue weighted by Crippen LogP contribution is -2.22. The average molecular weight is 286 g/mol. The number of anilines is 1. The fraction of sp³-hybridized carbons (Fsp3) is 0.312. The highest BCUT2D eigenvalue weighted by atomic mass is 32.1. The summed E-state index contributed by atoms with van der Waals surface area (Å²) in [5.41, 5.74) is 2.23. The van der Waals surface area contributed by atoms with E-state index in [4.69, 9.17) is 9.72 Å². The quantitative estimate of drug-likeness (QED) is 0.785. The van der Waals surface area contributed by atoms with Crippen LogP contribution in [0.4, 0.5) is 5.13 Å². The van der Waals surface area contributed by atoms with Crippen LogP contribution in [0.2, 0.25) is 0 Å². The molecule has 0 amide bonds. The summed E-state index contributed by atoms with van der Waals surface area (Å²) in [6, 6.07) is 10.3. The molecule has 1 unspecified atom stereocenters. The number of hydrogen-bond donors (Lipinski definition) is 0. The molecule has 1 aromatic heterocycles. The molecule has 0 aliphatic carbocycles. The molecule has 0 N–H and O–H groups in total. The third-order valence-corrected chi connectivity index (χ3v) is 4.33. The molecule has 3 rings (SSSR count). The molecule has 104 valence electrons. The molecule has 3 nitrogen and oxygen atoms in total. The number of thiazole rings is 1. The van der Waals surface area contributed by atoms with Gasteiger partial charge < -0.3 is 9.64 Å². The van der Waals surface area contributed by atoms with E-state index in [2.05, 4.69) is 29.0 Å². The van der Waals surface area contributed by atoms with E-state index in [0.29, 0.717) is 12.7 Å². The maximum absolute atomic E-state index is 5.71. The Morgan fingerprint density at radius 2 is 2.25 bits per heavy atom. The van der Waals surface area contributed by atoms with Gasteiger partial charge in [0, 0.05) is 24.0 Å². The van der Waals surface area contributed by atoms with Crippen molar-refractivity contribution < 1.29 is 4.74 Å². The van der Waals surface area contributed by atoms with Crippen molar-refractivity contribution in [1.29, 1.82) is 0 Å². The molecule has 1 saturated heterocycles. The Morgan fingerprint density at radius 1 is 1.40 bits per heavy atom. The summed E-state index contributed by atoms with van der Waals surface area (Å²) in [5.74, 6) is 0. The van der Waals surface area contributed by atoms with Gasteiger partial charge in [-0.15, -0.1) is 17.9 Å². The van der Waals surface area contributed by atoms with Crippen molar-refractivity contribution in [3.05, 3.63) is 48.4 Å². The Morgan fingerprint density at radius 3 is 3.05 bits per heavy atom. The topological polar surface area (TPSA) is 25.4 Å². The normalized spacial score (nSPS) is 18.4. The Labute approximate surface area is 123 Å². The van der Waals surface area contributed by atoms with E-state index in [-0.39, 0.29) is 0 Å². The zero-order chi connectivity index (χ0) is 13.8. The molecule has 0 spiro atoms. The maximum Gasteiger partial charge on any atom is 0.185 e. The molecule has 1 aliphatic rings. The molecule has 4 heteroatoms. The van der Waals surface area contributed by atoms with Gasteiger partial charge in [-0.2, -0.15) is 0 Å². The molecule has 1 fully saturated rings. The SMILES string of the molecule is C=CCOC1CCN(c2nc(-c3ccccc3)cs2)C1. The van der Waals surface area contributed by atoms with Crippen molar-refractivity contribution in [2.75, 3.05) is 24.6 Å². The first-order valence-corrected chi connectivity index (χ1v) is 7.73. The minimum absolute atomic E-state index is 0.303. The molecular formula is C16H18N2OS. The van der Waals surface area contributed by atoms with Gasteiger partial charge in [0.1, 0.15) is 0 Å². The van der Waals surface area contributed by atoms with Crippen molar-refractivity contribution in [1.82, 2.24) is 4.98 Å². The summed E-state index contributed by atoms with van der Waals surface area (Å²) in [6.07, 6.45) is 3.17. The predicted octanol–water partition coefficient (Wildman–Crippen LogP) is 3.59. The Hall–Kier alpha value is -1.65. The van der Waals surface area contributed by atoms with Crippen LogP contribution in [0.25, 0.3) is 11.3 Å². The highest BCUT2D eigenvalue weighted by Gasteiger charge is 2.24. The van der Waals surface area contributed by atoms with Crippen molar-refractivity contribution >= 4 is 16.5 Å². The van der Waals surface area contributed by atoms with Gasteiger partial charge in [0.15, 0.2) is 5.13 Å². The molecule has 2 heterocycles. The van der Waals surface area contributed by atoms with Gasteiger partial charge in [-0.25, -0.2) is 4.98 Å². The monoisotopic (exact) mass is 286 g/mol. The molecule has 2 aromatic rings. The molecule has 1 aromatic carbocycles. The molecule has 20 heavy (non-hydrogen) atoms. The first-order valence-electron chi connectivity index (χ1n) is 6.85. The van der Waals surface area contributed by atoms with Crippen LogP contribution in [-0.4, -0.2) is 30.8 Å². The summed E-state index contributed by atoms with van der Waals surface area (Å²) in [5, 5.41) is 3.22. The summed E-state index contributed by atoms with van der Waals surface area (Å²) < 4.78 is 5.71. The number of benzene rings is 1. The van der Waals surface area contributed by atoms with Gasteiger partial charge >= 0.3 is 0 Å². The highest BCUT2D eigenvalue weighted by molar-refractivity contribution is 7.14. The average Bonchev–Trinajstić information content (AvgIpc) is 3.15. The number of aromatic nitrogens is 1. The zero-order valence-electron chi connectivity index (χ0n) is 11.4. The lowest BCUT2D eigenvalue weighted by atomic mass is 10.2. The standard InChI is InChI=1S/C16H18N2OS/c1-2-10-19-14-8-9-18(11-14)16-17-15(12-20-16)13-6-4-3-5-7-13/h2-7,12,14H,1,8-11H2. The molecule has 0 radical (unpaired) electrons. The van der Waals surface area contributed by atoms with E-state index in [0.717, 1.165) is 30.3 Å². The fourth-order valence-electron chi connectivity index (χ4n) is 2.39. The van der Waals surface area contributed by atoms with Crippen molar-refractivity contribution in [3.8, 4) is 11.3 Å². The summed E-state index contributed by atoms with van der Waals surface area (Å²) in [7, 11) is 0. The zero-order valence-corrected chi connectivity index (χ0v) is 12.2. The summed E-state index contributed by atoms with van der Waals surface area (Å²) >= 11 is 1.71. The van der Waals surface area contributed by atoms with Crippen LogP contribution in [0.3, 0.4) is 0 Å². The second-order valence-corrected chi connectivity index (χ2v) is 5.70. The number of hydrogen-bond acceptors (Lipinski definition) is 4.